The molecule has 2 heteroatoms. The summed E-state index contributed by atoms with van der Waals surface area (Å²) >= 11 is 0. The zero-order valence-corrected chi connectivity index (χ0v) is 8.71. The highest BCUT2D eigenvalue weighted by molar-refractivity contribution is 4.84. The van der Waals surface area contributed by atoms with E-state index in [0.29, 0.717) is 0 Å². The van der Waals surface area contributed by atoms with E-state index in [-0.39, 0.29) is 0 Å². The third-order valence-corrected chi connectivity index (χ3v) is 3.65. The second-order valence-electron chi connectivity index (χ2n) is 4.91. The first-order valence-electron chi connectivity index (χ1n) is 5.73. The van der Waals surface area contributed by atoms with Gasteiger partial charge in [-0.25, -0.2) is 0 Å². The Morgan fingerprint density at radius 1 is 1.31 bits per heavy atom. The molecule has 2 nitrogen and oxygen atoms in total. The summed E-state index contributed by atoms with van der Waals surface area (Å²) in [5.41, 5.74) is 5.70. The van der Waals surface area contributed by atoms with E-state index in [0.717, 1.165) is 24.4 Å². The van der Waals surface area contributed by atoms with Crippen LogP contribution in [0.3, 0.4) is 0 Å². The van der Waals surface area contributed by atoms with Gasteiger partial charge in [0, 0.05) is 12.6 Å². The van der Waals surface area contributed by atoms with Gasteiger partial charge in [0.2, 0.25) is 0 Å². The third kappa shape index (κ3) is 2.44. The molecule has 0 aromatic heterocycles. The van der Waals surface area contributed by atoms with Crippen LogP contribution in [0.4, 0.5) is 0 Å². The van der Waals surface area contributed by atoms with Crippen LogP contribution in [0.25, 0.3) is 0 Å². The van der Waals surface area contributed by atoms with Gasteiger partial charge in [-0.05, 0) is 44.7 Å². The number of rotatable bonds is 4. The summed E-state index contributed by atoms with van der Waals surface area (Å²) in [5.74, 6) is 1.85. The molecule has 2 aliphatic rings. The first-order valence-corrected chi connectivity index (χ1v) is 5.73. The average molecular weight is 182 g/mol. The van der Waals surface area contributed by atoms with Crippen LogP contribution >= 0.6 is 0 Å². The van der Waals surface area contributed by atoms with E-state index in [4.69, 9.17) is 5.73 Å². The van der Waals surface area contributed by atoms with Crippen molar-refractivity contribution in [1.82, 2.24) is 4.90 Å². The van der Waals surface area contributed by atoms with Crippen molar-refractivity contribution in [2.75, 3.05) is 19.6 Å². The molecule has 0 bridgehead atoms. The van der Waals surface area contributed by atoms with Gasteiger partial charge in [-0.2, -0.15) is 0 Å². The molecular formula is C11H22N2. The van der Waals surface area contributed by atoms with E-state index < -0.39 is 0 Å². The number of nitrogens with zero attached hydrogens (tertiary/aromatic N) is 1. The summed E-state index contributed by atoms with van der Waals surface area (Å²) in [4.78, 5) is 2.63. The molecule has 1 saturated carbocycles. The Hall–Kier alpha value is -0.0800. The lowest BCUT2D eigenvalue weighted by molar-refractivity contribution is 0.256. The van der Waals surface area contributed by atoms with Gasteiger partial charge < -0.3 is 10.6 Å². The van der Waals surface area contributed by atoms with E-state index in [1.807, 2.05) is 0 Å². The Labute approximate surface area is 81.5 Å². The maximum absolute atomic E-state index is 5.70. The van der Waals surface area contributed by atoms with Gasteiger partial charge in [0.05, 0.1) is 0 Å². The van der Waals surface area contributed by atoms with Gasteiger partial charge >= 0.3 is 0 Å². The summed E-state index contributed by atoms with van der Waals surface area (Å²) in [5, 5.41) is 0. The number of hydrogen-bond acceptors (Lipinski definition) is 2. The first kappa shape index (κ1) is 9.47. The SMILES string of the molecule is CC1CC(CN)CN1CCC1CC1. The Bertz CT molecular complexity index is 165. The van der Waals surface area contributed by atoms with Crippen molar-refractivity contribution in [1.29, 1.82) is 0 Å². The molecule has 1 saturated heterocycles. The highest BCUT2D eigenvalue weighted by Crippen LogP contribution is 2.33. The van der Waals surface area contributed by atoms with E-state index in [2.05, 4.69) is 11.8 Å². The summed E-state index contributed by atoms with van der Waals surface area (Å²) in [7, 11) is 0. The predicted molar refractivity (Wildman–Crippen MR) is 55.5 cm³/mol. The topological polar surface area (TPSA) is 29.3 Å². The minimum Gasteiger partial charge on any atom is -0.330 e. The standard InChI is InChI=1S/C11H22N2/c1-9-6-11(7-12)8-13(9)5-4-10-2-3-10/h9-11H,2-8,12H2,1H3. The van der Waals surface area contributed by atoms with E-state index >= 15 is 0 Å². The van der Waals surface area contributed by atoms with Crippen LogP contribution in [0.1, 0.15) is 32.6 Å². The van der Waals surface area contributed by atoms with Crippen molar-refractivity contribution < 1.29 is 0 Å². The van der Waals surface area contributed by atoms with E-state index in [1.165, 1.54) is 38.8 Å². The van der Waals surface area contributed by atoms with Gasteiger partial charge in [0.15, 0.2) is 0 Å². The van der Waals surface area contributed by atoms with Gasteiger partial charge in [0.25, 0.3) is 0 Å². The fraction of sp³-hybridized carbons (Fsp3) is 1.00. The predicted octanol–water partition coefficient (Wildman–Crippen LogP) is 1.46. The summed E-state index contributed by atoms with van der Waals surface area (Å²) in [6.07, 6.45) is 5.73. The lowest BCUT2D eigenvalue weighted by Gasteiger charge is -2.20. The Kier molecular flexibility index (Phi) is 2.89. The summed E-state index contributed by atoms with van der Waals surface area (Å²) in [6.45, 7) is 5.81. The van der Waals surface area contributed by atoms with Gasteiger partial charge in [0.1, 0.15) is 0 Å². The molecule has 2 atom stereocenters. The smallest absolute Gasteiger partial charge is 0.00706 e. The molecule has 0 radical (unpaired) electrons. The van der Waals surface area contributed by atoms with Gasteiger partial charge in [-0.3, -0.25) is 0 Å². The Balaban J connectivity index is 1.71. The lowest BCUT2D eigenvalue weighted by Crippen LogP contribution is -2.29. The first-order chi connectivity index (χ1) is 6.29. The Morgan fingerprint density at radius 3 is 2.62 bits per heavy atom. The van der Waals surface area contributed by atoms with Crippen molar-refractivity contribution in [3.63, 3.8) is 0 Å². The molecule has 2 unspecified atom stereocenters. The van der Waals surface area contributed by atoms with Gasteiger partial charge in [-0.15, -0.1) is 0 Å². The summed E-state index contributed by atoms with van der Waals surface area (Å²) < 4.78 is 0. The van der Waals surface area contributed by atoms with Crippen LogP contribution < -0.4 is 5.73 Å². The zero-order chi connectivity index (χ0) is 9.26. The second kappa shape index (κ2) is 3.97. The molecule has 1 aliphatic carbocycles. The molecule has 2 fully saturated rings. The van der Waals surface area contributed by atoms with Crippen LogP contribution in [0, 0.1) is 11.8 Å². The molecule has 1 heterocycles. The zero-order valence-electron chi connectivity index (χ0n) is 8.71. The fourth-order valence-electron chi connectivity index (χ4n) is 2.45. The molecular weight excluding hydrogens is 160 g/mol. The largest absolute Gasteiger partial charge is 0.330 e. The molecule has 0 spiro atoms. The molecule has 0 amide bonds. The maximum Gasteiger partial charge on any atom is 0.00706 e. The van der Waals surface area contributed by atoms with Crippen molar-refractivity contribution in [3.8, 4) is 0 Å². The minimum atomic E-state index is 0.772. The van der Waals surface area contributed by atoms with Crippen LogP contribution in [0.5, 0.6) is 0 Å². The van der Waals surface area contributed by atoms with Crippen molar-refractivity contribution in [2.45, 2.75) is 38.6 Å². The lowest BCUT2D eigenvalue weighted by atomic mass is 10.1. The van der Waals surface area contributed by atoms with Crippen LogP contribution in [0.15, 0.2) is 0 Å². The quantitative estimate of drug-likeness (QED) is 0.713. The summed E-state index contributed by atoms with van der Waals surface area (Å²) in [6, 6.07) is 0.785. The minimum absolute atomic E-state index is 0.772. The van der Waals surface area contributed by atoms with Crippen LogP contribution in [0.2, 0.25) is 0 Å². The maximum atomic E-state index is 5.70. The second-order valence-corrected chi connectivity index (χ2v) is 4.91. The highest BCUT2D eigenvalue weighted by atomic mass is 15.2. The molecule has 2 rings (SSSR count). The molecule has 0 aromatic rings. The molecule has 1 aliphatic heterocycles. The van der Waals surface area contributed by atoms with Crippen LogP contribution in [-0.2, 0) is 0 Å². The Morgan fingerprint density at radius 2 is 2.08 bits per heavy atom. The molecule has 2 N–H and O–H groups in total. The molecule has 0 aromatic carbocycles. The average Bonchev–Trinajstić information content (AvgIpc) is 2.88. The normalized spacial score (nSPS) is 35.5. The van der Waals surface area contributed by atoms with Crippen molar-refractivity contribution in [3.05, 3.63) is 0 Å². The highest BCUT2D eigenvalue weighted by Gasteiger charge is 2.29. The van der Waals surface area contributed by atoms with Crippen molar-refractivity contribution in [2.24, 2.45) is 17.6 Å². The monoisotopic (exact) mass is 182 g/mol. The van der Waals surface area contributed by atoms with Crippen LogP contribution in [-0.4, -0.2) is 30.6 Å². The van der Waals surface area contributed by atoms with Crippen molar-refractivity contribution >= 4 is 0 Å². The van der Waals surface area contributed by atoms with E-state index in [9.17, 15) is 0 Å². The molecule has 76 valence electrons. The van der Waals surface area contributed by atoms with Gasteiger partial charge in [-0.1, -0.05) is 12.8 Å². The fourth-order valence-corrected chi connectivity index (χ4v) is 2.45. The number of likely N-dealkylation sites (tertiary alicyclic amines) is 1. The number of nitrogens with two attached hydrogens (primary N) is 1. The molecule has 13 heavy (non-hydrogen) atoms. The number of hydrogen-bond donors (Lipinski definition) is 1. The third-order valence-electron chi connectivity index (χ3n) is 3.65. The van der Waals surface area contributed by atoms with E-state index in [1.54, 1.807) is 0 Å².